The third-order valence-corrected chi connectivity index (χ3v) is 4.88. The Balaban J connectivity index is 1.90. The molecule has 1 amide bonds. The van der Waals surface area contributed by atoms with E-state index in [4.69, 9.17) is 4.74 Å². The van der Waals surface area contributed by atoms with Gasteiger partial charge < -0.3 is 14.7 Å². The molecule has 2 heterocycles. The van der Waals surface area contributed by atoms with E-state index < -0.39 is 12.0 Å². The van der Waals surface area contributed by atoms with E-state index in [0.29, 0.717) is 17.2 Å². The zero-order valence-electron chi connectivity index (χ0n) is 12.6. The van der Waals surface area contributed by atoms with Crippen molar-refractivity contribution in [2.75, 3.05) is 19.8 Å². The number of benzene rings is 1. The lowest BCUT2D eigenvalue weighted by Crippen LogP contribution is -2.52. The molecule has 6 nitrogen and oxygen atoms in total. The van der Waals surface area contributed by atoms with E-state index in [0.717, 1.165) is 10.6 Å². The van der Waals surface area contributed by atoms with Gasteiger partial charge in [-0.1, -0.05) is 30.3 Å². The van der Waals surface area contributed by atoms with E-state index in [1.807, 2.05) is 30.3 Å². The van der Waals surface area contributed by atoms with Gasteiger partial charge in [0.15, 0.2) is 6.04 Å². The molecular weight excluding hydrogens is 316 g/mol. The average molecular weight is 332 g/mol. The number of hydrogen-bond donors (Lipinski definition) is 1. The molecule has 2 aromatic rings. The number of ether oxygens (including phenoxy) is 1. The third kappa shape index (κ3) is 3.11. The standard InChI is InChI=1S/C16H16N2O4S/c1-10-13(23-14(17-10)11-5-3-2-4-6-11)15(19)18-7-8-22-9-12(18)16(20)21/h2-6,12H,7-9H2,1H3,(H,20,21). The Labute approximate surface area is 137 Å². The zero-order chi connectivity index (χ0) is 16.4. The Hall–Kier alpha value is -2.25. The van der Waals surface area contributed by atoms with Crippen LogP contribution in [0.25, 0.3) is 10.6 Å². The third-order valence-electron chi connectivity index (χ3n) is 3.69. The molecule has 1 aliphatic heterocycles. The molecule has 1 N–H and O–H groups in total. The Morgan fingerprint density at radius 2 is 2.09 bits per heavy atom. The number of aromatic nitrogens is 1. The molecular formula is C16H16N2O4S. The maximum atomic E-state index is 12.8. The molecule has 0 saturated carbocycles. The Kier molecular flexibility index (Phi) is 4.40. The number of carboxylic acids is 1. The van der Waals surface area contributed by atoms with E-state index in [-0.39, 0.29) is 19.1 Å². The van der Waals surface area contributed by atoms with Gasteiger partial charge in [-0.15, -0.1) is 11.3 Å². The lowest BCUT2D eigenvalue weighted by molar-refractivity contribution is -0.147. The summed E-state index contributed by atoms with van der Waals surface area (Å²) in [7, 11) is 0. The topological polar surface area (TPSA) is 79.7 Å². The number of morpholine rings is 1. The van der Waals surface area contributed by atoms with Crippen LogP contribution in [-0.2, 0) is 9.53 Å². The van der Waals surface area contributed by atoms with Gasteiger partial charge in [0, 0.05) is 12.1 Å². The van der Waals surface area contributed by atoms with Crippen LogP contribution >= 0.6 is 11.3 Å². The first-order chi connectivity index (χ1) is 11.1. The van der Waals surface area contributed by atoms with Gasteiger partial charge in [-0.25, -0.2) is 9.78 Å². The molecule has 3 rings (SSSR count). The summed E-state index contributed by atoms with van der Waals surface area (Å²) < 4.78 is 5.18. The summed E-state index contributed by atoms with van der Waals surface area (Å²) in [6.07, 6.45) is 0. The zero-order valence-corrected chi connectivity index (χ0v) is 13.4. The quantitative estimate of drug-likeness (QED) is 0.930. The van der Waals surface area contributed by atoms with E-state index in [9.17, 15) is 14.7 Å². The summed E-state index contributed by atoms with van der Waals surface area (Å²) in [5.41, 5.74) is 1.56. The number of thiazole rings is 1. The van der Waals surface area contributed by atoms with Crippen LogP contribution in [0.4, 0.5) is 0 Å². The van der Waals surface area contributed by atoms with Crippen molar-refractivity contribution in [1.82, 2.24) is 9.88 Å². The van der Waals surface area contributed by atoms with Gasteiger partial charge in [0.2, 0.25) is 0 Å². The van der Waals surface area contributed by atoms with Gasteiger partial charge in [0.1, 0.15) is 9.88 Å². The summed E-state index contributed by atoms with van der Waals surface area (Å²) in [5, 5.41) is 10.0. The average Bonchev–Trinajstić information content (AvgIpc) is 2.97. The van der Waals surface area contributed by atoms with Crippen LogP contribution < -0.4 is 0 Å². The SMILES string of the molecule is Cc1nc(-c2ccccc2)sc1C(=O)N1CCOCC1C(=O)O. The number of carboxylic acid groups (broad SMARTS) is 1. The van der Waals surface area contributed by atoms with Crippen molar-refractivity contribution < 1.29 is 19.4 Å². The molecule has 0 aliphatic carbocycles. The van der Waals surface area contributed by atoms with Crippen LogP contribution in [0.2, 0.25) is 0 Å². The molecule has 23 heavy (non-hydrogen) atoms. The summed E-state index contributed by atoms with van der Waals surface area (Å²) >= 11 is 1.29. The lowest BCUT2D eigenvalue weighted by atomic mass is 10.2. The number of hydrogen-bond acceptors (Lipinski definition) is 5. The number of rotatable bonds is 3. The van der Waals surface area contributed by atoms with E-state index in [2.05, 4.69) is 4.98 Å². The van der Waals surface area contributed by atoms with Crippen LogP contribution in [0, 0.1) is 6.92 Å². The minimum absolute atomic E-state index is 0.0183. The largest absolute Gasteiger partial charge is 0.480 e. The fourth-order valence-corrected chi connectivity index (χ4v) is 3.51. The van der Waals surface area contributed by atoms with Crippen molar-refractivity contribution in [2.45, 2.75) is 13.0 Å². The monoisotopic (exact) mass is 332 g/mol. The molecule has 1 aromatic carbocycles. The minimum Gasteiger partial charge on any atom is -0.480 e. The summed E-state index contributed by atoms with van der Waals surface area (Å²) in [6.45, 7) is 2.41. The number of nitrogens with zero attached hydrogens (tertiary/aromatic N) is 2. The highest BCUT2D eigenvalue weighted by Crippen LogP contribution is 2.29. The van der Waals surface area contributed by atoms with Crippen LogP contribution in [0.15, 0.2) is 30.3 Å². The van der Waals surface area contributed by atoms with Gasteiger partial charge in [-0.2, -0.15) is 0 Å². The molecule has 120 valence electrons. The van der Waals surface area contributed by atoms with Gasteiger partial charge in [-0.3, -0.25) is 4.79 Å². The maximum Gasteiger partial charge on any atom is 0.328 e. The lowest BCUT2D eigenvalue weighted by Gasteiger charge is -2.32. The first-order valence-corrected chi connectivity index (χ1v) is 8.04. The van der Waals surface area contributed by atoms with Gasteiger partial charge in [0.05, 0.1) is 18.9 Å². The first-order valence-electron chi connectivity index (χ1n) is 7.22. The molecule has 1 aromatic heterocycles. The van der Waals surface area contributed by atoms with Crippen LogP contribution in [-0.4, -0.2) is 52.7 Å². The molecule has 1 aliphatic rings. The van der Waals surface area contributed by atoms with Crippen molar-refractivity contribution in [3.05, 3.63) is 40.9 Å². The van der Waals surface area contributed by atoms with Gasteiger partial charge in [0.25, 0.3) is 5.91 Å². The predicted octanol–water partition coefficient (Wildman–Crippen LogP) is 2.04. The van der Waals surface area contributed by atoms with E-state index in [1.165, 1.54) is 16.2 Å². The number of carbonyl (C=O) groups excluding carboxylic acids is 1. The molecule has 1 unspecified atom stereocenters. The predicted molar refractivity (Wildman–Crippen MR) is 85.6 cm³/mol. The van der Waals surface area contributed by atoms with Crippen molar-refractivity contribution >= 4 is 23.2 Å². The minimum atomic E-state index is -1.05. The van der Waals surface area contributed by atoms with Crippen molar-refractivity contribution in [1.29, 1.82) is 0 Å². The fourth-order valence-electron chi connectivity index (χ4n) is 2.48. The normalized spacial score (nSPS) is 18.0. The second-order valence-corrected chi connectivity index (χ2v) is 6.23. The van der Waals surface area contributed by atoms with Crippen LogP contribution in [0.5, 0.6) is 0 Å². The van der Waals surface area contributed by atoms with Crippen LogP contribution in [0.1, 0.15) is 15.4 Å². The molecule has 7 heteroatoms. The molecule has 0 radical (unpaired) electrons. The fraction of sp³-hybridized carbons (Fsp3) is 0.312. The van der Waals surface area contributed by atoms with Crippen molar-refractivity contribution in [2.24, 2.45) is 0 Å². The first kappa shape index (κ1) is 15.6. The molecule has 0 spiro atoms. The Morgan fingerprint density at radius 3 is 2.78 bits per heavy atom. The number of carbonyl (C=O) groups is 2. The maximum absolute atomic E-state index is 12.8. The second-order valence-electron chi connectivity index (χ2n) is 5.23. The van der Waals surface area contributed by atoms with Crippen molar-refractivity contribution in [3.63, 3.8) is 0 Å². The summed E-state index contributed by atoms with van der Waals surface area (Å²) in [5.74, 6) is -1.35. The molecule has 1 atom stereocenters. The smallest absolute Gasteiger partial charge is 0.328 e. The number of aryl methyl sites for hydroxylation is 1. The Bertz CT molecular complexity index is 729. The number of aliphatic carboxylic acids is 1. The summed E-state index contributed by atoms with van der Waals surface area (Å²) in [4.78, 5) is 30.4. The Morgan fingerprint density at radius 1 is 1.35 bits per heavy atom. The number of amides is 1. The van der Waals surface area contributed by atoms with Crippen LogP contribution in [0.3, 0.4) is 0 Å². The van der Waals surface area contributed by atoms with Gasteiger partial charge >= 0.3 is 5.97 Å². The van der Waals surface area contributed by atoms with Crippen molar-refractivity contribution in [3.8, 4) is 10.6 Å². The molecule has 1 fully saturated rings. The second kappa shape index (κ2) is 6.47. The van der Waals surface area contributed by atoms with E-state index in [1.54, 1.807) is 6.92 Å². The molecule has 1 saturated heterocycles. The highest BCUT2D eigenvalue weighted by molar-refractivity contribution is 7.17. The van der Waals surface area contributed by atoms with Gasteiger partial charge in [-0.05, 0) is 6.92 Å². The highest BCUT2D eigenvalue weighted by atomic mass is 32.1. The molecule has 0 bridgehead atoms. The summed E-state index contributed by atoms with van der Waals surface area (Å²) in [6, 6.07) is 8.66. The van der Waals surface area contributed by atoms with E-state index >= 15 is 0 Å². The highest BCUT2D eigenvalue weighted by Gasteiger charge is 2.34.